The van der Waals surface area contributed by atoms with Crippen molar-refractivity contribution in [3.8, 4) is 0 Å². The Morgan fingerprint density at radius 1 is 1.78 bits per heavy atom. The van der Waals surface area contributed by atoms with Gasteiger partial charge in [0.15, 0.2) is 0 Å². The summed E-state index contributed by atoms with van der Waals surface area (Å²) in [5, 5.41) is 18.3. The molecule has 0 saturated carbocycles. The lowest BCUT2D eigenvalue weighted by atomic mass is 10.1. The molecule has 2 rings (SSSR count). The van der Waals surface area contributed by atoms with Crippen molar-refractivity contribution in [3.63, 3.8) is 0 Å². The second-order valence-electron chi connectivity index (χ2n) is 4.65. The molecule has 5 nitrogen and oxygen atoms in total. The smallest absolute Gasteiger partial charge is 0.237 e. The first-order chi connectivity index (χ1) is 8.60. The lowest BCUT2D eigenvalue weighted by Gasteiger charge is -2.17. The van der Waals surface area contributed by atoms with Gasteiger partial charge in [0, 0.05) is 17.6 Å². The van der Waals surface area contributed by atoms with E-state index in [1.165, 1.54) is 0 Å². The standard InChI is InChI=1S/C12H19N3O2S/c1-3-9(12-14-7(2)6-18-12)15-11(17)10-4-8(16)5-13-10/h6,8-10,13,16H,3-5H2,1-2H3,(H,15,17)/t8-,9-,10-/m0/s1. The van der Waals surface area contributed by atoms with Gasteiger partial charge < -0.3 is 15.7 Å². The fourth-order valence-electron chi connectivity index (χ4n) is 2.06. The molecule has 6 heteroatoms. The molecule has 0 spiro atoms. The van der Waals surface area contributed by atoms with Gasteiger partial charge in [-0.3, -0.25) is 4.79 Å². The first-order valence-electron chi connectivity index (χ1n) is 6.24. The normalized spacial score (nSPS) is 25.1. The summed E-state index contributed by atoms with van der Waals surface area (Å²) in [5.74, 6) is -0.0498. The van der Waals surface area contributed by atoms with Gasteiger partial charge in [0.25, 0.3) is 0 Å². The van der Waals surface area contributed by atoms with Crippen LogP contribution in [-0.4, -0.2) is 34.7 Å². The highest BCUT2D eigenvalue weighted by Crippen LogP contribution is 2.21. The molecule has 1 amide bonds. The number of carbonyl (C=O) groups excluding carboxylic acids is 1. The third-order valence-corrected chi connectivity index (χ3v) is 4.16. The van der Waals surface area contributed by atoms with E-state index in [0.29, 0.717) is 13.0 Å². The molecule has 1 aromatic rings. The van der Waals surface area contributed by atoms with Gasteiger partial charge in [-0.05, 0) is 19.8 Å². The minimum atomic E-state index is -0.414. The van der Waals surface area contributed by atoms with Crippen LogP contribution in [0, 0.1) is 6.92 Å². The lowest BCUT2D eigenvalue weighted by molar-refractivity contribution is -0.123. The molecule has 1 aliphatic rings. The second kappa shape index (κ2) is 5.77. The molecule has 3 atom stereocenters. The van der Waals surface area contributed by atoms with Gasteiger partial charge >= 0.3 is 0 Å². The summed E-state index contributed by atoms with van der Waals surface area (Å²) in [6.45, 7) is 4.47. The number of amides is 1. The Morgan fingerprint density at radius 3 is 3.06 bits per heavy atom. The van der Waals surface area contributed by atoms with Gasteiger partial charge in [-0.1, -0.05) is 6.92 Å². The molecule has 1 aromatic heterocycles. The van der Waals surface area contributed by atoms with Crippen molar-refractivity contribution >= 4 is 17.2 Å². The van der Waals surface area contributed by atoms with E-state index in [9.17, 15) is 9.90 Å². The maximum absolute atomic E-state index is 12.0. The van der Waals surface area contributed by atoms with Crippen LogP contribution in [0.25, 0.3) is 0 Å². The molecule has 0 aromatic carbocycles. The molecule has 1 fully saturated rings. The number of aliphatic hydroxyl groups excluding tert-OH is 1. The predicted molar refractivity (Wildman–Crippen MR) is 70.4 cm³/mol. The van der Waals surface area contributed by atoms with E-state index in [1.54, 1.807) is 11.3 Å². The SMILES string of the molecule is CC[C@H](NC(=O)[C@@H]1C[C@H](O)CN1)c1nc(C)cs1. The Kier molecular flexibility index (Phi) is 4.31. The molecular weight excluding hydrogens is 250 g/mol. The van der Waals surface area contributed by atoms with E-state index in [-0.39, 0.29) is 18.0 Å². The molecule has 0 aliphatic carbocycles. The van der Waals surface area contributed by atoms with Gasteiger partial charge in [0.2, 0.25) is 5.91 Å². The van der Waals surface area contributed by atoms with Gasteiger partial charge in [-0.25, -0.2) is 4.98 Å². The molecule has 18 heavy (non-hydrogen) atoms. The number of β-amino-alcohol motifs (C(OH)–C–C–N with tert-alkyl or cyclic N) is 1. The van der Waals surface area contributed by atoms with Crippen LogP contribution in [-0.2, 0) is 4.79 Å². The molecule has 2 heterocycles. The molecule has 1 saturated heterocycles. The van der Waals surface area contributed by atoms with Crippen LogP contribution in [0.1, 0.15) is 36.5 Å². The van der Waals surface area contributed by atoms with Crippen LogP contribution in [0.3, 0.4) is 0 Å². The molecule has 0 unspecified atom stereocenters. The van der Waals surface area contributed by atoms with Crippen LogP contribution in [0.2, 0.25) is 0 Å². The monoisotopic (exact) mass is 269 g/mol. The number of carbonyl (C=O) groups is 1. The van der Waals surface area contributed by atoms with E-state index >= 15 is 0 Å². The van der Waals surface area contributed by atoms with E-state index in [1.807, 2.05) is 19.2 Å². The van der Waals surface area contributed by atoms with E-state index in [4.69, 9.17) is 0 Å². The molecule has 1 aliphatic heterocycles. The van der Waals surface area contributed by atoms with Crippen molar-refractivity contribution in [2.45, 2.75) is 44.9 Å². The summed E-state index contributed by atoms with van der Waals surface area (Å²) in [4.78, 5) is 16.4. The number of thiazole rings is 1. The fraction of sp³-hybridized carbons (Fsp3) is 0.667. The highest BCUT2D eigenvalue weighted by molar-refractivity contribution is 7.09. The summed E-state index contributed by atoms with van der Waals surface area (Å²) in [6, 6.07) is -0.314. The van der Waals surface area contributed by atoms with Crippen LogP contribution in [0.4, 0.5) is 0 Å². The zero-order valence-corrected chi connectivity index (χ0v) is 11.5. The number of hydrogen-bond acceptors (Lipinski definition) is 5. The quantitative estimate of drug-likeness (QED) is 0.754. The van der Waals surface area contributed by atoms with Crippen LogP contribution in [0.15, 0.2) is 5.38 Å². The summed E-state index contributed by atoms with van der Waals surface area (Å²) < 4.78 is 0. The van der Waals surface area contributed by atoms with E-state index in [2.05, 4.69) is 15.6 Å². The van der Waals surface area contributed by atoms with Crippen LogP contribution >= 0.6 is 11.3 Å². The van der Waals surface area contributed by atoms with Crippen molar-refractivity contribution in [3.05, 3.63) is 16.1 Å². The largest absolute Gasteiger partial charge is 0.392 e. The number of hydrogen-bond donors (Lipinski definition) is 3. The molecule has 0 radical (unpaired) electrons. The maximum atomic E-state index is 12.0. The first kappa shape index (κ1) is 13.5. The molecule has 100 valence electrons. The van der Waals surface area contributed by atoms with E-state index < -0.39 is 6.10 Å². The second-order valence-corrected chi connectivity index (χ2v) is 5.54. The Labute approximate surface area is 111 Å². The van der Waals surface area contributed by atoms with Crippen molar-refractivity contribution < 1.29 is 9.90 Å². The zero-order valence-electron chi connectivity index (χ0n) is 10.6. The van der Waals surface area contributed by atoms with Crippen molar-refractivity contribution in [2.75, 3.05) is 6.54 Å². The number of aliphatic hydroxyl groups is 1. The topological polar surface area (TPSA) is 74.2 Å². The number of aromatic nitrogens is 1. The maximum Gasteiger partial charge on any atom is 0.237 e. The van der Waals surface area contributed by atoms with Gasteiger partial charge in [-0.15, -0.1) is 11.3 Å². The van der Waals surface area contributed by atoms with Gasteiger partial charge in [0.1, 0.15) is 5.01 Å². The Bertz CT molecular complexity index is 421. The third-order valence-electron chi connectivity index (χ3n) is 3.08. The van der Waals surface area contributed by atoms with E-state index in [0.717, 1.165) is 17.1 Å². The summed E-state index contributed by atoms with van der Waals surface area (Å²) in [6.07, 6.45) is 0.885. The number of aryl methyl sites for hydroxylation is 1. The Hall–Kier alpha value is -0.980. The minimum Gasteiger partial charge on any atom is -0.392 e. The molecular formula is C12H19N3O2S. The molecule has 3 N–H and O–H groups in total. The Balaban J connectivity index is 1.96. The fourth-order valence-corrected chi connectivity index (χ4v) is 2.99. The average Bonchev–Trinajstić information content (AvgIpc) is 2.94. The zero-order chi connectivity index (χ0) is 13.1. The molecule has 0 bridgehead atoms. The Morgan fingerprint density at radius 2 is 2.56 bits per heavy atom. The number of nitrogens with one attached hydrogen (secondary N) is 2. The average molecular weight is 269 g/mol. The van der Waals surface area contributed by atoms with Crippen molar-refractivity contribution in [1.29, 1.82) is 0 Å². The highest BCUT2D eigenvalue weighted by Gasteiger charge is 2.29. The number of nitrogens with zero attached hydrogens (tertiary/aromatic N) is 1. The summed E-state index contributed by atoms with van der Waals surface area (Å²) >= 11 is 1.57. The van der Waals surface area contributed by atoms with Gasteiger partial charge in [0.05, 0.1) is 18.2 Å². The van der Waals surface area contributed by atoms with Crippen molar-refractivity contribution in [2.24, 2.45) is 0 Å². The van der Waals surface area contributed by atoms with Crippen LogP contribution in [0.5, 0.6) is 0 Å². The summed E-state index contributed by atoms with van der Waals surface area (Å²) in [5.41, 5.74) is 0.983. The summed E-state index contributed by atoms with van der Waals surface area (Å²) in [7, 11) is 0. The van der Waals surface area contributed by atoms with Crippen LogP contribution < -0.4 is 10.6 Å². The predicted octanol–water partition coefficient (Wildman–Crippen LogP) is 0.742. The van der Waals surface area contributed by atoms with Gasteiger partial charge in [-0.2, -0.15) is 0 Å². The minimum absolute atomic E-state index is 0.0317. The highest BCUT2D eigenvalue weighted by atomic mass is 32.1. The van der Waals surface area contributed by atoms with Crippen molar-refractivity contribution in [1.82, 2.24) is 15.6 Å². The lowest BCUT2D eigenvalue weighted by Crippen LogP contribution is -2.41. The number of rotatable bonds is 4. The first-order valence-corrected chi connectivity index (χ1v) is 7.12. The third kappa shape index (κ3) is 3.07.